The molecule has 1 saturated heterocycles. The Morgan fingerprint density at radius 2 is 2.12 bits per heavy atom. The molecule has 130 valence electrons. The smallest absolute Gasteiger partial charge is 0.238 e. The van der Waals surface area contributed by atoms with Gasteiger partial charge in [-0.15, -0.1) is 0 Å². The lowest BCUT2D eigenvalue weighted by molar-refractivity contribution is -0.127. The van der Waals surface area contributed by atoms with Crippen molar-refractivity contribution in [3.8, 4) is 0 Å². The van der Waals surface area contributed by atoms with Crippen LogP contribution in [0.3, 0.4) is 0 Å². The van der Waals surface area contributed by atoms with Crippen LogP contribution in [0, 0.1) is 5.92 Å². The highest BCUT2D eigenvalue weighted by molar-refractivity contribution is 7.09. The lowest BCUT2D eigenvalue weighted by Crippen LogP contribution is -2.53. The van der Waals surface area contributed by atoms with Crippen LogP contribution in [0.2, 0.25) is 0 Å². The molecule has 1 aromatic carbocycles. The fraction of sp³-hybridized carbons (Fsp3) is 0.444. The monoisotopic (exact) mass is 356 g/mol. The second-order valence-corrected chi connectivity index (χ2v) is 7.59. The predicted molar refractivity (Wildman–Crippen MR) is 95.3 cm³/mol. The number of hydrogen-bond acceptors (Lipinski definition) is 5. The van der Waals surface area contributed by atoms with E-state index in [2.05, 4.69) is 20.0 Å². The maximum absolute atomic E-state index is 13.1. The fourth-order valence-corrected chi connectivity index (χ4v) is 3.86. The molecule has 6 nitrogen and oxygen atoms in total. The van der Waals surface area contributed by atoms with Gasteiger partial charge in [-0.3, -0.25) is 14.9 Å². The number of nitrogens with one attached hydrogen (secondary N) is 2. The van der Waals surface area contributed by atoms with E-state index in [1.807, 2.05) is 30.3 Å². The summed E-state index contributed by atoms with van der Waals surface area (Å²) in [5, 5.41) is 6.31. The quantitative estimate of drug-likeness (QED) is 0.861. The first-order valence-electron chi connectivity index (χ1n) is 8.62. The normalized spacial score (nSPS) is 23.1. The lowest BCUT2D eigenvalue weighted by Gasteiger charge is -2.36. The van der Waals surface area contributed by atoms with Crippen molar-refractivity contribution in [3.63, 3.8) is 0 Å². The Morgan fingerprint density at radius 1 is 1.32 bits per heavy atom. The standard InChI is InChI=1S/C18H20N4O2S/c23-15-8-9-18(11-19-15,13-4-2-1-3-5-13)16(24)21-17-20-14(22-25-17)10-12-6-7-12/h1-5,12H,6-11H2,(H,19,23)(H,20,21,22,24). The first-order chi connectivity index (χ1) is 12.2. The molecule has 2 heterocycles. The summed E-state index contributed by atoms with van der Waals surface area (Å²) >= 11 is 1.23. The number of piperidine rings is 1. The second kappa shape index (κ2) is 6.55. The molecule has 1 aliphatic carbocycles. The van der Waals surface area contributed by atoms with E-state index >= 15 is 0 Å². The van der Waals surface area contributed by atoms with Crippen LogP contribution in [0.5, 0.6) is 0 Å². The SMILES string of the molecule is O=C1CCC(C(=O)Nc2nc(CC3CC3)ns2)(c2ccccc2)CN1. The number of carbonyl (C=O) groups excluding carboxylic acids is 2. The van der Waals surface area contributed by atoms with Gasteiger partial charge in [-0.05, 0) is 30.7 Å². The second-order valence-electron chi connectivity index (χ2n) is 6.84. The molecule has 7 heteroatoms. The number of nitrogens with zero attached hydrogens (tertiary/aromatic N) is 2. The van der Waals surface area contributed by atoms with Crippen molar-refractivity contribution in [2.45, 2.75) is 37.5 Å². The molecule has 0 spiro atoms. The summed E-state index contributed by atoms with van der Waals surface area (Å²) in [6.07, 6.45) is 4.22. The molecule has 0 radical (unpaired) electrons. The van der Waals surface area contributed by atoms with Gasteiger partial charge in [0, 0.05) is 30.9 Å². The highest BCUT2D eigenvalue weighted by atomic mass is 32.1. The van der Waals surface area contributed by atoms with E-state index < -0.39 is 5.41 Å². The average Bonchev–Trinajstić information content (AvgIpc) is 3.34. The average molecular weight is 356 g/mol. The van der Waals surface area contributed by atoms with Crippen molar-refractivity contribution in [1.82, 2.24) is 14.7 Å². The number of anilines is 1. The van der Waals surface area contributed by atoms with Gasteiger partial charge in [-0.25, -0.2) is 4.98 Å². The first kappa shape index (κ1) is 16.2. The van der Waals surface area contributed by atoms with Gasteiger partial charge in [0.15, 0.2) is 0 Å². The van der Waals surface area contributed by atoms with Gasteiger partial charge in [0.25, 0.3) is 0 Å². The molecule has 2 aliphatic rings. The molecular weight excluding hydrogens is 336 g/mol. The molecule has 1 unspecified atom stereocenters. The summed E-state index contributed by atoms with van der Waals surface area (Å²) in [5.41, 5.74) is 0.146. The van der Waals surface area contributed by atoms with Gasteiger partial charge in [0.05, 0.1) is 5.41 Å². The third-order valence-corrected chi connectivity index (χ3v) is 5.65. The van der Waals surface area contributed by atoms with Gasteiger partial charge in [0.1, 0.15) is 5.82 Å². The number of carbonyl (C=O) groups is 2. The third kappa shape index (κ3) is 3.42. The van der Waals surface area contributed by atoms with Gasteiger partial charge in [0.2, 0.25) is 16.9 Å². The molecule has 2 aromatic rings. The van der Waals surface area contributed by atoms with Crippen LogP contribution in [-0.4, -0.2) is 27.7 Å². The molecule has 2 N–H and O–H groups in total. The summed E-state index contributed by atoms with van der Waals surface area (Å²) in [4.78, 5) is 29.2. The summed E-state index contributed by atoms with van der Waals surface area (Å²) in [5.74, 6) is 1.38. The summed E-state index contributed by atoms with van der Waals surface area (Å²) in [6, 6.07) is 9.63. The predicted octanol–water partition coefficient (Wildman–Crippen LogP) is 2.28. The van der Waals surface area contributed by atoms with E-state index in [-0.39, 0.29) is 11.8 Å². The zero-order chi connectivity index (χ0) is 17.3. The molecule has 2 amide bonds. The number of hydrogen-bond donors (Lipinski definition) is 2. The maximum atomic E-state index is 13.1. The number of aromatic nitrogens is 2. The number of rotatable bonds is 5. The van der Waals surface area contributed by atoms with Gasteiger partial charge in [-0.1, -0.05) is 30.3 Å². The first-order valence-corrected chi connectivity index (χ1v) is 9.39. The van der Waals surface area contributed by atoms with E-state index in [9.17, 15) is 9.59 Å². The van der Waals surface area contributed by atoms with Gasteiger partial charge in [-0.2, -0.15) is 4.37 Å². The van der Waals surface area contributed by atoms with E-state index in [0.717, 1.165) is 17.8 Å². The molecule has 1 aromatic heterocycles. The van der Waals surface area contributed by atoms with Crippen molar-refractivity contribution < 1.29 is 9.59 Å². The van der Waals surface area contributed by atoms with Crippen LogP contribution in [0.4, 0.5) is 5.13 Å². The van der Waals surface area contributed by atoms with E-state index in [1.165, 1.54) is 24.4 Å². The van der Waals surface area contributed by atoms with Crippen LogP contribution >= 0.6 is 11.5 Å². The number of amides is 2. The van der Waals surface area contributed by atoms with Crippen molar-refractivity contribution in [2.75, 3.05) is 11.9 Å². The molecule has 1 aliphatic heterocycles. The van der Waals surface area contributed by atoms with Crippen LogP contribution in [0.25, 0.3) is 0 Å². The van der Waals surface area contributed by atoms with Gasteiger partial charge < -0.3 is 5.32 Å². The largest absolute Gasteiger partial charge is 0.355 e. The highest BCUT2D eigenvalue weighted by Crippen LogP contribution is 2.34. The van der Waals surface area contributed by atoms with E-state index in [1.54, 1.807) is 0 Å². The van der Waals surface area contributed by atoms with Crippen molar-refractivity contribution in [2.24, 2.45) is 5.92 Å². The summed E-state index contributed by atoms with van der Waals surface area (Å²) < 4.78 is 4.35. The minimum Gasteiger partial charge on any atom is -0.355 e. The minimum absolute atomic E-state index is 0.0120. The summed E-state index contributed by atoms with van der Waals surface area (Å²) in [7, 11) is 0. The van der Waals surface area contributed by atoms with Crippen molar-refractivity contribution in [1.29, 1.82) is 0 Å². The van der Waals surface area contributed by atoms with Gasteiger partial charge >= 0.3 is 0 Å². The fourth-order valence-electron chi connectivity index (χ4n) is 3.27. The van der Waals surface area contributed by atoms with Crippen LogP contribution < -0.4 is 10.6 Å². The topological polar surface area (TPSA) is 84.0 Å². The van der Waals surface area contributed by atoms with E-state index in [0.29, 0.717) is 30.4 Å². The van der Waals surface area contributed by atoms with Crippen LogP contribution in [0.15, 0.2) is 30.3 Å². The lowest BCUT2D eigenvalue weighted by atomic mass is 9.74. The Hall–Kier alpha value is -2.28. The number of benzene rings is 1. The van der Waals surface area contributed by atoms with Crippen molar-refractivity contribution in [3.05, 3.63) is 41.7 Å². The Labute approximate surface area is 150 Å². The summed E-state index contributed by atoms with van der Waals surface area (Å²) in [6.45, 7) is 0.301. The van der Waals surface area contributed by atoms with Crippen LogP contribution in [0.1, 0.15) is 37.1 Å². The minimum atomic E-state index is -0.766. The highest BCUT2D eigenvalue weighted by Gasteiger charge is 2.43. The van der Waals surface area contributed by atoms with Crippen LogP contribution in [-0.2, 0) is 21.4 Å². The zero-order valence-electron chi connectivity index (χ0n) is 13.8. The Morgan fingerprint density at radius 3 is 2.80 bits per heavy atom. The maximum Gasteiger partial charge on any atom is 0.238 e. The third-order valence-electron chi connectivity index (χ3n) is 4.98. The molecular formula is C18H20N4O2S. The molecule has 1 saturated carbocycles. The zero-order valence-corrected chi connectivity index (χ0v) is 14.6. The Kier molecular flexibility index (Phi) is 4.25. The molecule has 0 bridgehead atoms. The molecule has 25 heavy (non-hydrogen) atoms. The molecule has 2 fully saturated rings. The van der Waals surface area contributed by atoms with Crippen molar-refractivity contribution >= 4 is 28.5 Å². The Balaban J connectivity index is 1.55. The van der Waals surface area contributed by atoms with E-state index in [4.69, 9.17) is 0 Å². The molecule has 1 atom stereocenters. The Bertz CT molecular complexity index is 775. The molecule has 4 rings (SSSR count).